The number of allylic oxidation sites excluding steroid dienone is 2. The molecule has 0 unspecified atom stereocenters. The van der Waals surface area contributed by atoms with Crippen LogP contribution >= 0.6 is 0 Å². The first-order valence-corrected chi connectivity index (χ1v) is 11.4. The van der Waals surface area contributed by atoms with Gasteiger partial charge < -0.3 is 9.52 Å². The molecule has 5 heteroatoms. The fourth-order valence-electron chi connectivity index (χ4n) is 8.70. The van der Waals surface area contributed by atoms with Crippen LogP contribution < -0.4 is 0 Å². The highest BCUT2D eigenvalue weighted by Gasteiger charge is 2.74. The van der Waals surface area contributed by atoms with Gasteiger partial charge in [-0.2, -0.15) is 0 Å². The molecule has 0 bridgehead atoms. The molecule has 1 aromatic heterocycles. The highest BCUT2D eigenvalue weighted by Crippen LogP contribution is 2.72. The molecule has 0 amide bonds. The van der Waals surface area contributed by atoms with Crippen molar-refractivity contribution in [3.05, 3.63) is 36.3 Å². The Bertz CT molecular complexity index is 1000. The SMILES string of the molecule is CC1(C)C(=O)C=C[C@@]2(C)[C@@H]1C(=O)[C@@H](O)[C@]1(C)[C@@H]2CC[C@]2(C)[C@H]1C(=O)C[C@H]2c1ccoc1. The number of aliphatic hydroxyl groups is 1. The molecule has 0 saturated heterocycles. The van der Waals surface area contributed by atoms with Crippen molar-refractivity contribution < 1.29 is 23.9 Å². The number of carbonyl (C=O) groups is 3. The number of carbonyl (C=O) groups excluding carboxylic acids is 3. The van der Waals surface area contributed by atoms with Crippen LogP contribution in [0.3, 0.4) is 0 Å². The van der Waals surface area contributed by atoms with Crippen LogP contribution in [-0.2, 0) is 14.4 Å². The van der Waals surface area contributed by atoms with E-state index in [0.29, 0.717) is 6.42 Å². The van der Waals surface area contributed by atoms with Crippen LogP contribution in [0.2, 0.25) is 0 Å². The summed E-state index contributed by atoms with van der Waals surface area (Å²) in [5.41, 5.74) is -1.64. The number of aliphatic hydroxyl groups excluding tert-OH is 1. The normalized spacial score (nSPS) is 48.3. The summed E-state index contributed by atoms with van der Waals surface area (Å²) >= 11 is 0. The van der Waals surface area contributed by atoms with Gasteiger partial charge in [0.25, 0.3) is 0 Å². The summed E-state index contributed by atoms with van der Waals surface area (Å²) in [6, 6.07) is 1.93. The monoisotopic (exact) mass is 424 g/mol. The van der Waals surface area contributed by atoms with E-state index >= 15 is 0 Å². The molecule has 4 aliphatic carbocycles. The molecular formula is C26H32O5. The van der Waals surface area contributed by atoms with Crippen molar-refractivity contribution in [3.63, 3.8) is 0 Å². The van der Waals surface area contributed by atoms with Crippen molar-refractivity contribution in [2.75, 3.05) is 0 Å². The van der Waals surface area contributed by atoms with Gasteiger partial charge in [0.1, 0.15) is 11.9 Å². The zero-order valence-electron chi connectivity index (χ0n) is 19.0. The summed E-state index contributed by atoms with van der Waals surface area (Å²) in [5.74, 6) is -1.27. The Kier molecular flexibility index (Phi) is 4.08. The smallest absolute Gasteiger partial charge is 0.166 e. The summed E-state index contributed by atoms with van der Waals surface area (Å²) < 4.78 is 5.32. The fraction of sp³-hybridized carbons (Fsp3) is 0.654. The first-order valence-electron chi connectivity index (χ1n) is 11.4. The maximum Gasteiger partial charge on any atom is 0.166 e. The molecule has 3 saturated carbocycles. The molecule has 0 spiro atoms. The van der Waals surface area contributed by atoms with Gasteiger partial charge in [0.2, 0.25) is 0 Å². The number of furan rings is 1. The highest BCUT2D eigenvalue weighted by molar-refractivity contribution is 6.03. The zero-order chi connectivity index (χ0) is 22.6. The van der Waals surface area contributed by atoms with E-state index in [1.165, 1.54) is 0 Å². The topological polar surface area (TPSA) is 84.6 Å². The molecule has 31 heavy (non-hydrogen) atoms. The van der Waals surface area contributed by atoms with Crippen molar-refractivity contribution in [1.29, 1.82) is 0 Å². The van der Waals surface area contributed by atoms with Crippen LogP contribution in [0.1, 0.15) is 65.4 Å². The van der Waals surface area contributed by atoms with Gasteiger partial charge in [-0.25, -0.2) is 0 Å². The van der Waals surface area contributed by atoms with Gasteiger partial charge in [0.15, 0.2) is 11.6 Å². The molecule has 4 aliphatic rings. The maximum absolute atomic E-state index is 13.7. The Hall–Kier alpha value is -2.01. The molecule has 1 N–H and O–H groups in total. The van der Waals surface area contributed by atoms with E-state index in [4.69, 9.17) is 4.42 Å². The van der Waals surface area contributed by atoms with Gasteiger partial charge in [-0.05, 0) is 47.8 Å². The molecule has 0 aromatic carbocycles. The highest BCUT2D eigenvalue weighted by atomic mass is 16.3. The van der Waals surface area contributed by atoms with Crippen LogP contribution in [0.15, 0.2) is 35.2 Å². The molecule has 1 heterocycles. The molecule has 0 radical (unpaired) electrons. The van der Waals surface area contributed by atoms with E-state index in [-0.39, 0.29) is 34.6 Å². The van der Waals surface area contributed by atoms with E-state index in [1.807, 2.05) is 32.9 Å². The van der Waals surface area contributed by atoms with E-state index in [1.54, 1.807) is 18.6 Å². The average Bonchev–Trinajstić information content (AvgIpc) is 3.30. The van der Waals surface area contributed by atoms with Crippen molar-refractivity contribution >= 4 is 17.3 Å². The van der Waals surface area contributed by atoms with Crippen molar-refractivity contribution in [2.45, 2.75) is 65.9 Å². The minimum Gasteiger partial charge on any atom is -0.472 e. The van der Waals surface area contributed by atoms with E-state index in [0.717, 1.165) is 18.4 Å². The van der Waals surface area contributed by atoms with Gasteiger partial charge >= 0.3 is 0 Å². The lowest BCUT2D eigenvalue weighted by Crippen LogP contribution is -2.70. The van der Waals surface area contributed by atoms with Crippen molar-refractivity contribution in [2.24, 2.45) is 39.4 Å². The Morgan fingerprint density at radius 1 is 1.06 bits per heavy atom. The van der Waals surface area contributed by atoms with Crippen LogP contribution in [0.4, 0.5) is 0 Å². The summed E-state index contributed by atoms with van der Waals surface area (Å²) in [6.07, 6.45) is 7.68. The minimum absolute atomic E-state index is 0.0225. The quantitative estimate of drug-likeness (QED) is 0.733. The molecule has 5 nitrogen and oxygen atoms in total. The van der Waals surface area contributed by atoms with Gasteiger partial charge in [0, 0.05) is 34.5 Å². The lowest BCUT2D eigenvalue weighted by molar-refractivity contribution is -0.206. The Morgan fingerprint density at radius 2 is 1.77 bits per heavy atom. The van der Waals surface area contributed by atoms with Gasteiger partial charge in [0.05, 0.1) is 12.5 Å². The summed E-state index contributed by atoms with van der Waals surface area (Å²) in [4.78, 5) is 40.0. The van der Waals surface area contributed by atoms with Crippen LogP contribution in [0, 0.1) is 39.4 Å². The summed E-state index contributed by atoms with van der Waals surface area (Å²) in [5, 5.41) is 11.5. The van der Waals surface area contributed by atoms with Crippen LogP contribution in [0.25, 0.3) is 0 Å². The number of Topliss-reactive ketones (excluding diaryl/α,β-unsaturated/α-hetero) is 2. The second-order valence-corrected chi connectivity index (χ2v) is 11.7. The van der Waals surface area contributed by atoms with E-state index in [9.17, 15) is 19.5 Å². The number of rotatable bonds is 1. The van der Waals surface area contributed by atoms with Gasteiger partial charge in [-0.3, -0.25) is 14.4 Å². The van der Waals surface area contributed by atoms with Crippen molar-refractivity contribution in [3.8, 4) is 0 Å². The van der Waals surface area contributed by atoms with Gasteiger partial charge in [-0.1, -0.05) is 40.7 Å². The third-order valence-electron chi connectivity index (χ3n) is 9.94. The first kappa shape index (κ1) is 20.9. The van der Waals surface area contributed by atoms with E-state index in [2.05, 4.69) is 13.8 Å². The third kappa shape index (κ3) is 2.28. The van der Waals surface area contributed by atoms with Gasteiger partial charge in [-0.15, -0.1) is 0 Å². The lowest BCUT2D eigenvalue weighted by Gasteiger charge is -2.66. The zero-order valence-corrected chi connectivity index (χ0v) is 19.0. The third-order valence-corrected chi connectivity index (χ3v) is 9.94. The largest absolute Gasteiger partial charge is 0.472 e. The second kappa shape index (κ2) is 6.06. The van der Waals surface area contributed by atoms with Crippen molar-refractivity contribution in [1.82, 2.24) is 0 Å². The molecular weight excluding hydrogens is 392 g/mol. The summed E-state index contributed by atoms with van der Waals surface area (Å²) in [6.45, 7) is 9.80. The predicted octanol–water partition coefficient (Wildman–Crippen LogP) is 4.11. The number of hydrogen-bond donors (Lipinski definition) is 1. The maximum atomic E-state index is 13.7. The molecule has 166 valence electrons. The molecule has 0 aliphatic heterocycles. The first-order chi connectivity index (χ1) is 14.4. The standard InChI is InChI=1S/C26H32O5/c1-23(2)18(28)7-10-25(4)17-6-9-24(3)15(14-8-11-31-13-14)12-16(27)20(24)26(17,5)22(30)19(29)21(23)25/h7-8,10-11,13,15,17,20-22,30H,6,9,12H2,1-5H3/t15-,17+,20+,21+,22+,24-,25+,26+/m0/s1. The Balaban J connectivity index is 1.67. The Morgan fingerprint density at radius 3 is 2.42 bits per heavy atom. The second-order valence-electron chi connectivity index (χ2n) is 11.7. The Labute approximate surface area is 183 Å². The average molecular weight is 425 g/mol. The van der Waals surface area contributed by atoms with Crippen LogP contribution in [-0.4, -0.2) is 28.6 Å². The molecule has 3 fully saturated rings. The lowest BCUT2D eigenvalue weighted by atomic mass is 9.37. The molecule has 8 atom stereocenters. The van der Waals surface area contributed by atoms with E-state index < -0.39 is 34.2 Å². The predicted molar refractivity (Wildman–Crippen MR) is 114 cm³/mol. The number of ketones is 3. The molecule has 5 rings (SSSR count). The molecule has 1 aromatic rings. The minimum atomic E-state index is -1.26. The number of hydrogen-bond acceptors (Lipinski definition) is 5. The van der Waals surface area contributed by atoms with Crippen LogP contribution in [0.5, 0.6) is 0 Å². The summed E-state index contributed by atoms with van der Waals surface area (Å²) in [7, 11) is 0. The fourth-order valence-corrected chi connectivity index (χ4v) is 8.70. The number of fused-ring (bicyclic) bond motifs is 5.